The largest absolute Gasteiger partial charge is 0.468 e. The van der Waals surface area contributed by atoms with Crippen molar-refractivity contribution >= 4 is 37.1 Å². The number of hydrogen-bond acceptors (Lipinski definition) is 6. The van der Waals surface area contributed by atoms with E-state index in [9.17, 15) is 9.59 Å². The van der Waals surface area contributed by atoms with Crippen LogP contribution in [-0.4, -0.2) is 60.1 Å². The van der Waals surface area contributed by atoms with Gasteiger partial charge in [0.05, 0.1) is 20.0 Å². The first-order valence-electron chi connectivity index (χ1n) is 7.52. The average Bonchev–Trinajstić information content (AvgIpc) is 2.33. The van der Waals surface area contributed by atoms with Gasteiger partial charge in [0.25, 0.3) is 0 Å². The molecule has 0 heterocycles. The van der Waals surface area contributed by atoms with E-state index >= 15 is 0 Å². The molecular weight excluding hydrogens is 353 g/mol. The van der Waals surface area contributed by atoms with Crippen LogP contribution >= 0.6 is 8.38 Å². The Morgan fingerprint density at radius 3 is 1.83 bits per heavy atom. The molecule has 0 aromatic rings. The summed E-state index contributed by atoms with van der Waals surface area (Å²) in [5.74, 6) is -0.506. The van der Waals surface area contributed by atoms with E-state index in [0.717, 1.165) is 0 Å². The van der Waals surface area contributed by atoms with E-state index in [1.54, 1.807) is 6.92 Å². The number of hydrogen-bond donors (Lipinski definition) is 0. The molecule has 0 rings (SSSR count). The summed E-state index contributed by atoms with van der Waals surface area (Å²) in [6.07, 6.45) is -0.374. The molecule has 0 saturated heterocycles. The van der Waals surface area contributed by atoms with E-state index in [2.05, 4.69) is 44.0 Å². The normalized spacial score (nSPS) is 12.2. The van der Waals surface area contributed by atoms with Crippen LogP contribution in [0.4, 0.5) is 4.79 Å². The van der Waals surface area contributed by atoms with Gasteiger partial charge in [-0.15, -0.1) is 0 Å². The van der Waals surface area contributed by atoms with Gasteiger partial charge in [0.1, 0.15) is 6.54 Å². The lowest BCUT2D eigenvalue weighted by Crippen LogP contribution is -2.39. The van der Waals surface area contributed by atoms with Gasteiger partial charge in [-0.25, -0.2) is 4.79 Å². The number of methoxy groups -OCH3 is 1. The van der Waals surface area contributed by atoms with Crippen LogP contribution in [-0.2, 0) is 22.7 Å². The summed E-state index contributed by atoms with van der Waals surface area (Å²) in [7, 11) is -3.75. The highest BCUT2D eigenvalue weighted by molar-refractivity contribution is 7.50. The predicted octanol–water partition coefficient (Wildman–Crippen LogP) is 3.59. The van der Waals surface area contributed by atoms with Crippen LogP contribution in [0.3, 0.4) is 0 Å². The molecule has 136 valence electrons. The van der Waals surface area contributed by atoms with Gasteiger partial charge >= 0.3 is 12.1 Å². The molecule has 10 heteroatoms. The molecule has 1 amide bonds. The number of ether oxygens (including phenoxy) is 2. The van der Waals surface area contributed by atoms with Gasteiger partial charge < -0.3 is 17.9 Å². The van der Waals surface area contributed by atoms with Crippen LogP contribution < -0.4 is 0 Å². The Morgan fingerprint density at radius 2 is 1.48 bits per heavy atom. The summed E-state index contributed by atoms with van der Waals surface area (Å²) < 4.78 is 21.9. The second-order valence-corrected chi connectivity index (χ2v) is 17.7. The minimum atomic E-state index is -1.86. The quantitative estimate of drug-likeness (QED) is 0.344. The fraction of sp³-hybridized carbons (Fsp3) is 0.846. The number of carbonyl (C=O) groups excluding carboxylic acids is 2. The van der Waals surface area contributed by atoms with Crippen molar-refractivity contribution in [3.05, 3.63) is 0 Å². The Morgan fingerprint density at radius 1 is 1.00 bits per heavy atom. The van der Waals surface area contributed by atoms with Crippen LogP contribution in [0.5, 0.6) is 0 Å². The van der Waals surface area contributed by atoms with Crippen molar-refractivity contribution in [1.82, 2.24) is 4.90 Å². The maximum Gasteiger partial charge on any atom is 0.410 e. The molecule has 0 spiro atoms. The van der Waals surface area contributed by atoms with Gasteiger partial charge in [0.15, 0.2) is 25.0 Å². The first kappa shape index (κ1) is 22.5. The summed E-state index contributed by atoms with van der Waals surface area (Å²) in [5, 5.41) is 0. The molecule has 0 bridgehead atoms. The third-order valence-corrected chi connectivity index (χ3v) is 8.69. The Bertz CT molecular complexity index is 381. The lowest BCUT2D eigenvalue weighted by molar-refractivity contribution is -0.141. The fourth-order valence-corrected chi connectivity index (χ4v) is 7.76. The van der Waals surface area contributed by atoms with Crippen LogP contribution in [0.25, 0.3) is 0 Å². The van der Waals surface area contributed by atoms with Crippen molar-refractivity contribution in [3.63, 3.8) is 0 Å². The van der Waals surface area contributed by atoms with Crippen molar-refractivity contribution in [3.8, 4) is 0 Å². The number of esters is 1. The minimum Gasteiger partial charge on any atom is -0.468 e. The van der Waals surface area contributed by atoms with Crippen molar-refractivity contribution in [2.24, 2.45) is 0 Å². The van der Waals surface area contributed by atoms with Crippen molar-refractivity contribution < 1.29 is 27.5 Å². The summed E-state index contributed by atoms with van der Waals surface area (Å²) in [4.78, 5) is 24.9. The highest BCUT2D eigenvalue weighted by Crippen LogP contribution is 2.45. The topological polar surface area (TPSA) is 74.3 Å². The predicted molar refractivity (Wildman–Crippen MR) is 96.4 cm³/mol. The lowest BCUT2D eigenvalue weighted by atomic mass is 10.6. The lowest BCUT2D eigenvalue weighted by Gasteiger charge is -2.33. The van der Waals surface area contributed by atoms with Crippen molar-refractivity contribution in [1.29, 1.82) is 0 Å². The van der Waals surface area contributed by atoms with E-state index in [1.807, 2.05) is 0 Å². The zero-order valence-electron chi connectivity index (χ0n) is 15.5. The van der Waals surface area contributed by atoms with Crippen LogP contribution in [0.1, 0.15) is 6.92 Å². The molecule has 0 saturated carbocycles. The van der Waals surface area contributed by atoms with E-state index in [0.29, 0.717) is 0 Å². The SMILES string of the molecule is CCOC(=O)N(CC(=O)OC)CP(O[Si](C)(C)C)O[Si](C)(C)C. The van der Waals surface area contributed by atoms with E-state index < -0.39 is 37.1 Å². The maximum absolute atomic E-state index is 12.1. The molecule has 0 aliphatic rings. The summed E-state index contributed by atoms with van der Waals surface area (Å²) in [6.45, 7) is 14.1. The fourth-order valence-electron chi connectivity index (χ4n) is 1.43. The van der Waals surface area contributed by atoms with Gasteiger partial charge in [0, 0.05) is 0 Å². The number of nitrogens with zero attached hydrogens (tertiary/aromatic N) is 1. The average molecular weight is 384 g/mol. The molecule has 0 aromatic carbocycles. The highest BCUT2D eigenvalue weighted by Gasteiger charge is 2.32. The van der Waals surface area contributed by atoms with Gasteiger partial charge in [0.2, 0.25) is 0 Å². The van der Waals surface area contributed by atoms with E-state index in [-0.39, 0.29) is 19.4 Å². The summed E-state index contributed by atoms with van der Waals surface area (Å²) in [5.41, 5.74) is 0. The molecule has 7 nitrogen and oxygen atoms in total. The van der Waals surface area contributed by atoms with Gasteiger partial charge in [-0.1, -0.05) is 0 Å². The number of carbonyl (C=O) groups is 2. The molecule has 0 radical (unpaired) electrons. The Balaban J connectivity index is 5.14. The molecular formula is C13H30NO6PSi2. The third kappa shape index (κ3) is 11.7. The Labute approximate surface area is 142 Å². The first-order chi connectivity index (χ1) is 10.4. The molecule has 0 aromatic heterocycles. The second-order valence-electron chi connectivity index (χ2n) is 6.85. The molecule has 0 unspecified atom stereocenters. The number of amides is 1. The summed E-state index contributed by atoms with van der Waals surface area (Å²) >= 11 is 0. The first-order valence-corrected chi connectivity index (χ1v) is 15.7. The highest BCUT2D eigenvalue weighted by atomic mass is 31.2. The zero-order chi connectivity index (χ0) is 18.3. The molecule has 0 atom stereocenters. The molecule has 0 fully saturated rings. The zero-order valence-corrected chi connectivity index (χ0v) is 18.4. The smallest absolute Gasteiger partial charge is 0.410 e. The molecule has 0 aliphatic carbocycles. The van der Waals surface area contributed by atoms with E-state index in [1.165, 1.54) is 12.0 Å². The third-order valence-electron chi connectivity index (χ3n) is 2.11. The monoisotopic (exact) mass is 383 g/mol. The van der Waals surface area contributed by atoms with Gasteiger partial charge in [-0.3, -0.25) is 9.69 Å². The number of rotatable bonds is 9. The van der Waals surface area contributed by atoms with Crippen molar-refractivity contribution in [2.45, 2.75) is 46.2 Å². The standard InChI is InChI=1S/C13H30NO6PSi2/c1-9-18-13(16)14(10-12(15)17-2)11-21(19-22(3,4)5)20-23(6,7)8/h9-11H2,1-8H3. The Kier molecular flexibility index (Phi) is 9.53. The minimum absolute atomic E-state index is 0.182. The Hall–Kier alpha value is -0.476. The van der Waals surface area contributed by atoms with Gasteiger partial charge in [-0.2, -0.15) is 0 Å². The van der Waals surface area contributed by atoms with Crippen LogP contribution in [0, 0.1) is 0 Å². The maximum atomic E-state index is 12.1. The van der Waals surface area contributed by atoms with Crippen LogP contribution in [0.2, 0.25) is 39.3 Å². The summed E-state index contributed by atoms with van der Waals surface area (Å²) in [6, 6.07) is 0. The van der Waals surface area contributed by atoms with E-state index in [4.69, 9.17) is 13.2 Å². The van der Waals surface area contributed by atoms with Crippen LogP contribution in [0.15, 0.2) is 0 Å². The molecule has 0 N–H and O–H groups in total. The van der Waals surface area contributed by atoms with Gasteiger partial charge in [-0.05, 0) is 46.2 Å². The molecule has 23 heavy (non-hydrogen) atoms. The second kappa shape index (κ2) is 9.73. The molecule has 0 aliphatic heterocycles. The van der Waals surface area contributed by atoms with Crippen molar-refractivity contribution in [2.75, 3.05) is 26.5 Å².